The molecule has 0 radical (unpaired) electrons. The van der Waals surface area contributed by atoms with Gasteiger partial charge in [-0.1, -0.05) is 67.2 Å². The minimum absolute atomic E-state index is 0.0874. The van der Waals surface area contributed by atoms with Crippen LogP contribution in [0.1, 0.15) is 76.6 Å². The van der Waals surface area contributed by atoms with Crippen molar-refractivity contribution in [2.24, 2.45) is 11.8 Å². The second-order valence-electron chi connectivity index (χ2n) is 10.7. The Morgan fingerprint density at radius 1 is 0.907 bits per heavy atom. The smallest absolute Gasteiger partial charge is 0.251 e. The van der Waals surface area contributed by atoms with Gasteiger partial charge in [-0.3, -0.25) is 9.59 Å². The molecule has 0 aromatic heterocycles. The van der Waals surface area contributed by atoms with Gasteiger partial charge in [0.15, 0.2) is 0 Å². The van der Waals surface area contributed by atoms with Gasteiger partial charge in [0, 0.05) is 44.1 Å². The number of rotatable bonds is 26. The molecule has 0 heterocycles. The van der Waals surface area contributed by atoms with Crippen LogP contribution in [0.4, 0.5) is 0 Å². The van der Waals surface area contributed by atoms with Gasteiger partial charge in [0.1, 0.15) is 30.2 Å². The molecule has 0 fully saturated rings. The highest BCUT2D eigenvalue weighted by Gasteiger charge is 2.12. The van der Waals surface area contributed by atoms with Gasteiger partial charge in [-0.25, -0.2) is 0 Å². The van der Waals surface area contributed by atoms with Gasteiger partial charge in [-0.15, -0.1) is 0 Å². The van der Waals surface area contributed by atoms with Crippen molar-refractivity contribution in [1.29, 1.82) is 0 Å². The molecule has 0 saturated carbocycles. The fourth-order valence-corrected chi connectivity index (χ4v) is 5.18. The summed E-state index contributed by atoms with van der Waals surface area (Å²) in [5.41, 5.74) is 0.412. The molecule has 43 heavy (non-hydrogen) atoms. The van der Waals surface area contributed by atoms with Crippen LogP contribution in [-0.2, 0) is 23.7 Å². The Morgan fingerprint density at radius 3 is 2.30 bits per heavy atom. The second kappa shape index (κ2) is 26.6. The number of benzene rings is 1. The van der Waals surface area contributed by atoms with Crippen LogP contribution in [0.3, 0.4) is 0 Å². The number of Topliss-reactive ketones (excluding diaryl/α,β-unsaturated/α-hetero) is 1. The van der Waals surface area contributed by atoms with Crippen LogP contribution >= 0.6 is 21.6 Å². The van der Waals surface area contributed by atoms with Crippen LogP contribution < -0.4 is 10.1 Å². The Balaban J connectivity index is 2.10. The first kappa shape index (κ1) is 39.3. The zero-order chi connectivity index (χ0) is 31.5. The molecule has 1 aromatic carbocycles. The van der Waals surface area contributed by atoms with E-state index in [-0.39, 0.29) is 17.1 Å². The number of hydrogen-bond acceptors (Lipinski definition) is 9. The maximum Gasteiger partial charge on any atom is 0.251 e. The third kappa shape index (κ3) is 23.3. The number of carbonyl (C=O) groups excluding carboxylic acids is 2. The lowest BCUT2D eigenvalue weighted by Crippen LogP contribution is -2.24. The highest BCUT2D eigenvalue weighted by atomic mass is 33.1. The maximum atomic E-state index is 12.5. The summed E-state index contributed by atoms with van der Waals surface area (Å²) < 4.78 is 28.5. The van der Waals surface area contributed by atoms with E-state index in [9.17, 15) is 9.59 Å². The van der Waals surface area contributed by atoms with E-state index < -0.39 is 0 Å². The SMILES string of the molecule is CSS[C@H](COc1cccc(C(=O)NCCCC(C)C)c1)OCCOCCOCCCC(=O)CCCOCC#CC(C)C. The zero-order valence-electron chi connectivity index (χ0n) is 26.8. The Kier molecular flexibility index (Phi) is 24.3. The van der Waals surface area contributed by atoms with Crippen molar-refractivity contribution < 1.29 is 33.3 Å². The Morgan fingerprint density at radius 2 is 1.60 bits per heavy atom. The first-order valence-electron chi connectivity index (χ1n) is 15.4. The summed E-state index contributed by atoms with van der Waals surface area (Å²) in [6.45, 7) is 12.8. The average molecular weight is 640 g/mol. The highest BCUT2D eigenvalue weighted by Crippen LogP contribution is 2.25. The average Bonchev–Trinajstić information content (AvgIpc) is 2.98. The predicted octanol–water partition coefficient (Wildman–Crippen LogP) is 6.42. The second-order valence-corrected chi connectivity index (χ2v) is 13.3. The predicted molar refractivity (Wildman–Crippen MR) is 178 cm³/mol. The minimum Gasteiger partial charge on any atom is -0.490 e. The lowest BCUT2D eigenvalue weighted by molar-refractivity contribution is -0.119. The molecule has 0 aliphatic heterocycles. The molecule has 0 bridgehead atoms. The van der Waals surface area contributed by atoms with E-state index in [2.05, 4.69) is 31.0 Å². The summed E-state index contributed by atoms with van der Waals surface area (Å²) >= 11 is 0. The van der Waals surface area contributed by atoms with E-state index in [0.717, 1.165) is 19.3 Å². The van der Waals surface area contributed by atoms with Crippen LogP contribution in [0.15, 0.2) is 24.3 Å². The highest BCUT2D eigenvalue weighted by molar-refractivity contribution is 8.76. The Hall–Kier alpha value is -1.74. The van der Waals surface area contributed by atoms with Crippen molar-refractivity contribution >= 4 is 33.3 Å². The van der Waals surface area contributed by atoms with E-state index in [4.69, 9.17) is 23.7 Å². The molecule has 0 aliphatic carbocycles. The van der Waals surface area contributed by atoms with Crippen molar-refractivity contribution in [2.75, 3.05) is 65.7 Å². The fraction of sp³-hybridized carbons (Fsp3) is 0.697. The van der Waals surface area contributed by atoms with Crippen molar-refractivity contribution in [3.63, 3.8) is 0 Å². The molecule has 244 valence electrons. The molecule has 8 nitrogen and oxygen atoms in total. The largest absolute Gasteiger partial charge is 0.490 e. The van der Waals surface area contributed by atoms with Crippen molar-refractivity contribution in [2.45, 2.75) is 71.7 Å². The summed E-state index contributed by atoms with van der Waals surface area (Å²) in [5, 5.41) is 2.98. The molecule has 0 saturated heterocycles. The van der Waals surface area contributed by atoms with Crippen molar-refractivity contribution in [3.05, 3.63) is 29.8 Å². The number of ether oxygens (including phenoxy) is 5. The van der Waals surface area contributed by atoms with Gasteiger partial charge >= 0.3 is 0 Å². The quantitative estimate of drug-likeness (QED) is 0.0533. The first-order valence-corrected chi connectivity index (χ1v) is 18.0. The third-order valence-corrected chi connectivity index (χ3v) is 7.79. The summed E-state index contributed by atoms with van der Waals surface area (Å²) in [6.07, 6.45) is 6.54. The van der Waals surface area contributed by atoms with Gasteiger partial charge in [-0.05, 0) is 56.1 Å². The molecule has 1 amide bonds. The number of hydrogen-bond donors (Lipinski definition) is 1. The van der Waals surface area contributed by atoms with Crippen LogP contribution in [0.2, 0.25) is 0 Å². The molecule has 1 rings (SSSR count). The summed E-state index contributed by atoms with van der Waals surface area (Å²) in [5.74, 6) is 7.78. The van der Waals surface area contributed by atoms with Gasteiger partial charge < -0.3 is 29.0 Å². The monoisotopic (exact) mass is 639 g/mol. The lowest BCUT2D eigenvalue weighted by atomic mass is 10.1. The molecule has 10 heteroatoms. The summed E-state index contributed by atoms with van der Waals surface area (Å²) in [4.78, 5) is 24.4. The van der Waals surface area contributed by atoms with Gasteiger partial charge in [0.2, 0.25) is 0 Å². The molecular formula is C33H53NO7S2. The number of amides is 1. The molecule has 0 unspecified atom stereocenters. The Bertz CT molecular complexity index is 933. The van der Waals surface area contributed by atoms with Crippen molar-refractivity contribution in [3.8, 4) is 17.6 Å². The van der Waals surface area contributed by atoms with Crippen LogP contribution in [-0.4, -0.2) is 82.8 Å². The van der Waals surface area contributed by atoms with Crippen LogP contribution in [0, 0.1) is 23.7 Å². The molecule has 0 aliphatic rings. The van der Waals surface area contributed by atoms with E-state index in [1.807, 2.05) is 32.2 Å². The maximum absolute atomic E-state index is 12.5. The molecule has 1 N–H and O–H groups in total. The van der Waals surface area contributed by atoms with Gasteiger partial charge in [0.25, 0.3) is 5.91 Å². The van der Waals surface area contributed by atoms with Crippen molar-refractivity contribution in [1.82, 2.24) is 5.32 Å². The lowest BCUT2D eigenvalue weighted by Gasteiger charge is -2.17. The topological polar surface area (TPSA) is 92.3 Å². The number of carbonyl (C=O) groups is 2. The normalized spacial score (nSPS) is 11.8. The molecule has 0 spiro atoms. The van der Waals surface area contributed by atoms with Crippen LogP contribution in [0.25, 0.3) is 0 Å². The Labute approximate surface area is 267 Å². The summed E-state index contributed by atoms with van der Waals surface area (Å²) in [6, 6.07) is 7.23. The fourth-order valence-electron chi connectivity index (χ4n) is 3.71. The van der Waals surface area contributed by atoms with E-state index in [1.54, 1.807) is 33.7 Å². The number of nitrogens with one attached hydrogen (secondary N) is 1. The third-order valence-electron chi connectivity index (χ3n) is 5.89. The standard InChI is InChI=1S/C33H53NO7S2/c1-27(2)11-7-17-34-33(36)29-13-6-16-31(25-29)41-26-32(43-42-5)40-24-23-39-22-21-38-20-10-15-30(35)14-9-19-37-18-8-12-28(3)4/h6,13,16,25,27-28,32H,7,9-11,14-15,17-24,26H2,1-5H3,(H,34,36)/t32-/m1/s1. The van der Waals surface area contributed by atoms with E-state index in [0.29, 0.717) is 102 Å². The summed E-state index contributed by atoms with van der Waals surface area (Å²) in [7, 11) is 3.19. The number of ketones is 1. The molecular weight excluding hydrogens is 586 g/mol. The van der Waals surface area contributed by atoms with E-state index >= 15 is 0 Å². The zero-order valence-corrected chi connectivity index (χ0v) is 28.5. The van der Waals surface area contributed by atoms with Gasteiger partial charge in [0.05, 0.1) is 26.4 Å². The van der Waals surface area contributed by atoms with Gasteiger partial charge in [-0.2, -0.15) is 0 Å². The molecule has 1 atom stereocenters. The van der Waals surface area contributed by atoms with Crippen LogP contribution in [0.5, 0.6) is 5.75 Å². The first-order chi connectivity index (χ1) is 20.8. The van der Waals surface area contributed by atoms with E-state index in [1.165, 1.54) is 0 Å². The minimum atomic E-state index is -0.175. The molecule has 1 aromatic rings.